The van der Waals surface area contributed by atoms with Gasteiger partial charge in [-0.25, -0.2) is 0 Å². The third-order valence-corrected chi connectivity index (χ3v) is 3.08. The molecular weight excluding hydrogens is 250 g/mol. The number of hydrogen-bond acceptors (Lipinski definition) is 3. The number of H-pyrrole nitrogens is 2. The Labute approximate surface area is 107 Å². The van der Waals surface area contributed by atoms with Crippen LogP contribution >= 0.6 is 12.2 Å². The molecule has 0 aromatic carbocycles. The van der Waals surface area contributed by atoms with E-state index in [0.717, 1.165) is 11.2 Å². The zero-order chi connectivity index (χ0) is 12.5. The number of aromatic amines is 2. The van der Waals surface area contributed by atoms with Gasteiger partial charge in [0.1, 0.15) is 5.52 Å². The predicted octanol–water partition coefficient (Wildman–Crippen LogP) is 1.83. The van der Waals surface area contributed by atoms with Crippen LogP contribution in [0, 0.1) is 4.77 Å². The smallest absolute Gasteiger partial charge is 0.276 e. The van der Waals surface area contributed by atoms with Crippen LogP contribution in [0.1, 0.15) is 5.69 Å². The molecule has 0 fully saturated rings. The summed E-state index contributed by atoms with van der Waals surface area (Å²) in [7, 11) is 0. The molecule has 0 saturated heterocycles. The molecule has 0 aliphatic carbocycles. The van der Waals surface area contributed by atoms with E-state index in [9.17, 15) is 4.79 Å². The van der Waals surface area contributed by atoms with Crippen molar-refractivity contribution < 1.29 is 0 Å². The van der Waals surface area contributed by atoms with Crippen LogP contribution in [0.4, 0.5) is 0 Å². The Bertz CT molecular complexity index is 800. The second-order valence-electron chi connectivity index (χ2n) is 3.90. The Morgan fingerprint density at radius 1 is 1.39 bits per heavy atom. The fourth-order valence-corrected chi connectivity index (χ4v) is 2.17. The van der Waals surface area contributed by atoms with E-state index in [4.69, 9.17) is 12.2 Å². The van der Waals surface area contributed by atoms with E-state index in [1.165, 1.54) is 0 Å². The van der Waals surface area contributed by atoms with Crippen molar-refractivity contribution >= 4 is 23.3 Å². The molecule has 6 heteroatoms. The zero-order valence-corrected chi connectivity index (χ0v) is 10.2. The van der Waals surface area contributed by atoms with Gasteiger partial charge in [0.2, 0.25) is 0 Å². The zero-order valence-electron chi connectivity index (χ0n) is 9.38. The van der Waals surface area contributed by atoms with Crippen molar-refractivity contribution in [3.8, 4) is 0 Å². The minimum absolute atomic E-state index is 0.197. The lowest BCUT2D eigenvalue weighted by Crippen LogP contribution is -2.15. The highest BCUT2D eigenvalue weighted by Crippen LogP contribution is 2.10. The van der Waals surface area contributed by atoms with Crippen molar-refractivity contribution in [2.75, 3.05) is 0 Å². The molecule has 3 rings (SSSR count). The van der Waals surface area contributed by atoms with E-state index >= 15 is 0 Å². The molecule has 90 valence electrons. The predicted molar refractivity (Wildman–Crippen MR) is 71.1 cm³/mol. The number of hydrogen-bond donors (Lipinski definition) is 2. The Balaban J connectivity index is 2.21. The molecule has 0 aliphatic heterocycles. The maximum absolute atomic E-state index is 11.7. The average molecular weight is 260 g/mol. The Kier molecular flexibility index (Phi) is 2.56. The topological polar surface area (TPSA) is 66.5 Å². The number of nitrogens with zero attached hydrogens (tertiary/aromatic N) is 2. The molecular formula is C12H10N4OS. The van der Waals surface area contributed by atoms with Crippen LogP contribution in [0.25, 0.3) is 11.0 Å². The lowest BCUT2D eigenvalue weighted by atomic mass is 10.3. The molecule has 0 radical (unpaired) electrons. The number of rotatable bonds is 2. The molecule has 3 heterocycles. The van der Waals surface area contributed by atoms with Crippen molar-refractivity contribution in [2.24, 2.45) is 0 Å². The SMILES string of the molecule is O=c1[nH][14c](=S)n(Cc2ccccn2)c2cc[nH]c12. The van der Waals surface area contributed by atoms with Crippen LogP contribution in [0.2, 0.25) is 0 Å². The minimum atomic E-state index is -0.197. The quantitative estimate of drug-likeness (QED) is 0.691. The van der Waals surface area contributed by atoms with Gasteiger partial charge in [0.25, 0.3) is 5.56 Å². The molecule has 0 bridgehead atoms. The van der Waals surface area contributed by atoms with Crippen molar-refractivity contribution in [1.82, 2.24) is 19.5 Å². The summed E-state index contributed by atoms with van der Waals surface area (Å²) in [4.78, 5) is 21.5. The van der Waals surface area contributed by atoms with Crippen LogP contribution in [-0.4, -0.2) is 19.5 Å². The summed E-state index contributed by atoms with van der Waals surface area (Å²) in [6, 6.07) is 7.54. The maximum Gasteiger partial charge on any atom is 0.276 e. The van der Waals surface area contributed by atoms with Crippen LogP contribution in [0.15, 0.2) is 41.5 Å². The molecule has 0 aliphatic rings. The molecule has 0 spiro atoms. The molecule has 0 amide bonds. The first kappa shape index (κ1) is 10.9. The second kappa shape index (κ2) is 4.23. The Morgan fingerprint density at radius 2 is 2.28 bits per heavy atom. The van der Waals surface area contributed by atoms with Crippen LogP contribution in [0.3, 0.4) is 0 Å². The molecule has 5 nitrogen and oxygen atoms in total. The average Bonchev–Trinajstić information content (AvgIpc) is 2.85. The van der Waals surface area contributed by atoms with E-state index in [-0.39, 0.29) is 5.56 Å². The highest BCUT2D eigenvalue weighted by atomic mass is 32.1. The number of pyridine rings is 1. The Morgan fingerprint density at radius 3 is 3.06 bits per heavy atom. The van der Waals surface area contributed by atoms with Crippen LogP contribution in [0.5, 0.6) is 0 Å². The van der Waals surface area contributed by atoms with Crippen molar-refractivity contribution in [2.45, 2.75) is 6.54 Å². The monoisotopic (exact) mass is 260 g/mol. The van der Waals surface area contributed by atoms with E-state index in [0.29, 0.717) is 16.8 Å². The van der Waals surface area contributed by atoms with Crippen molar-refractivity contribution in [1.29, 1.82) is 0 Å². The first-order valence-corrected chi connectivity index (χ1v) is 5.86. The fraction of sp³-hybridized carbons (Fsp3) is 0.0833. The van der Waals surface area contributed by atoms with Gasteiger partial charge >= 0.3 is 0 Å². The molecule has 18 heavy (non-hydrogen) atoms. The normalized spacial score (nSPS) is 10.9. The second-order valence-corrected chi connectivity index (χ2v) is 4.29. The molecule has 3 aromatic rings. The van der Waals surface area contributed by atoms with E-state index in [1.54, 1.807) is 12.4 Å². The Hall–Kier alpha value is -2.21. The summed E-state index contributed by atoms with van der Waals surface area (Å²) >= 11 is 5.20. The summed E-state index contributed by atoms with van der Waals surface area (Å²) in [5, 5.41) is 0. The third-order valence-electron chi connectivity index (χ3n) is 2.75. The first-order chi connectivity index (χ1) is 8.75. The van der Waals surface area contributed by atoms with Gasteiger partial charge in [-0.1, -0.05) is 6.07 Å². The lowest BCUT2D eigenvalue weighted by Gasteiger charge is -2.07. The number of fused-ring (bicyclic) bond motifs is 1. The molecule has 2 N–H and O–H groups in total. The van der Waals surface area contributed by atoms with Crippen LogP contribution < -0.4 is 5.56 Å². The van der Waals surface area contributed by atoms with Gasteiger partial charge in [0.15, 0.2) is 4.77 Å². The standard InChI is InChI=1S/C12H10N4OS/c17-11-10-9(4-6-14-10)16(12(18)15-11)7-8-3-1-2-5-13-8/h1-6,14H,7H2,(H,15,17,18)/i12+2. The first-order valence-electron chi connectivity index (χ1n) is 5.46. The summed E-state index contributed by atoms with van der Waals surface area (Å²) in [5.74, 6) is 0. The largest absolute Gasteiger partial charge is 0.355 e. The van der Waals surface area contributed by atoms with Gasteiger partial charge in [-0.2, -0.15) is 0 Å². The number of aromatic nitrogens is 4. The number of nitrogens with one attached hydrogen (secondary N) is 2. The van der Waals surface area contributed by atoms with Gasteiger partial charge in [0.05, 0.1) is 17.8 Å². The van der Waals surface area contributed by atoms with Crippen molar-refractivity contribution in [3.05, 3.63) is 57.5 Å². The van der Waals surface area contributed by atoms with Gasteiger partial charge in [-0.05, 0) is 30.4 Å². The van der Waals surface area contributed by atoms with Gasteiger partial charge < -0.3 is 9.55 Å². The highest BCUT2D eigenvalue weighted by Gasteiger charge is 2.06. The van der Waals surface area contributed by atoms with Crippen LogP contribution in [-0.2, 0) is 6.54 Å². The van der Waals surface area contributed by atoms with E-state index in [1.807, 2.05) is 28.8 Å². The van der Waals surface area contributed by atoms with Gasteiger partial charge in [-0.3, -0.25) is 14.8 Å². The van der Waals surface area contributed by atoms with E-state index < -0.39 is 0 Å². The summed E-state index contributed by atoms with van der Waals surface area (Å²) < 4.78 is 2.25. The van der Waals surface area contributed by atoms with Gasteiger partial charge in [0, 0.05) is 12.4 Å². The van der Waals surface area contributed by atoms with E-state index in [2.05, 4.69) is 15.0 Å². The highest BCUT2D eigenvalue weighted by molar-refractivity contribution is 7.71. The molecule has 3 aromatic heterocycles. The summed E-state index contributed by atoms with van der Waals surface area (Å²) in [6.07, 6.45) is 3.46. The van der Waals surface area contributed by atoms with Gasteiger partial charge in [-0.15, -0.1) is 0 Å². The lowest BCUT2D eigenvalue weighted by molar-refractivity contribution is 0.761. The van der Waals surface area contributed by atoms with Crippen molar-refractivity contribution in [3.63, 3.8) is 0 Å². The minimum Gasteiger partial charge on any atom is -0.355 e. The molecule has 0 saturated carbocycles. The summed E-state index contributed by atoms with van der Waals surface area (Å²) in [5.41, 5.74) is 2.01. The summed E-state index contributed by atoms with van der Waals surface area (Å²) in [6.45, 7) is 0.533. The fourth-order valence-electron chi connectivity index (χ4n) is 1.92. The molecule has 0 unspecified atom stereocenters. The molecule has 0 atom stereocenters. The third kappa shape index (κ3) is 1.76. The maximum atomic E-state index is 11.7.